The Labute approximate surface area is 129 Å². The fourth-order valence-electron chi connectivity index (χ4n) is 2.12. The molecule has 0 bridgehead atoms. The molecule has 3 aromatic rings. The summed E-state index contributed by atoms with van der Waals surface area (Å²) in [5.41, 5.74) is 0.854. The molecule has 0 saturated heterocycles. The topological polar surface area (TPSA) is 55.2 Å². The summed E-state index contributed by atoms with van der Waals surface area (Å²) in [7, 11) is 0. The summed E-state index contributed by atoms with van der Waals surface area (Å²) in [4.78, 5) is 6.57. The Morgan fingerprint density at radius 1 is 0.957 bits per heavy atom. The molecule has 0 unspecified atom stereocenters. The largest absolute Gasteiger partial charge is 0.493 e. The number of halogens is 3. The van der Waals surface area contributed by atoms with Gasteiger partial charge in [-0.3, -0.25) is 0 Å². The van der Waals surface area contributed by atoms with Crippen molar-refractivity contribution < 1.29 is 23.0 Å². The van der Waals surface area contributed by atoms with Crippen molar-refractivity contribution in [3.05, 3.63) is 59.9 Å². The van der Waals surface area contributed by atoms with Gasteiger partial charge in [0.05, 0.1) is 5.52 Å². The zero-order chi connectivity index (χ0) is 16.4. The minimum Gasteiger partial charge on any atom is -0.493 e. The van der Waals surface area contributed by atoms with Crippen LogP contribution in [0.4, 0.5) is 13.2 Å². The molecule has 0 aliphatic rings. The van der Waals surface area contributed by atoms with Gasteiger partial charge in [0.25, 0.3) is 0 Å². The number of rotatable bonds is 3. The fourth-order valence-corrected chi connectivity index (χ4v) is 2.12. The first-order valence-corrected chi connectivity index (χ1v) is 6.69. The van der Waals surface area contributed by atoms with Crippen molar-refractivity contribution in [3.63, 3.8) is 0 Å². The van der Waals surface area contributed by atoms with Crippen LogP contribution in [-0.2, 0) is 12.8 Å². The van der Waals surface area contributed by atoms with E-state index in [-0.39, 0.29) is 23.3 Å². The summed E-state index contributed by atoms with van der Waals surface area (Å²) in [5.74, 6) is -1.92. The maximum absolute atomic E-state index is 12.7. The second kappa shape index (κ2) is 5.75. The number of hydrogen-bond donors (Lipinski definition) is 1. The number of hydrogen-bond acceptors (Lipinski definition) is 4. The van der Waals surface area contributed by atoms with Crippen LogP contribution < -0.4 is 4.74 Å². The molecule has 4 nitrogen and oxygen atoms in total. The Kier molecular flexibility index (Phi) is 3.77. The highest BCUT2D eigenvalue weighted by atomic mass is 19.4. The fraction of sp³-hybridized carbons (Fsp3) is 0.125. The number of aromatic hydroxyl groups is 1. The van der Waals surface area contributed by atoms with Gasteiger partial charge in [0.1, 0.15) is 17.7 Å². The van der Waals surface area contributed by atoms with Crippen LogP contribution >= 0.6 is 0 Å². The lowest BCUT2D eigenvalue weighted by atomic mass is 10.2. The van der Waals surface area contributed by atoms with E-state index in [4.69, 9.17) is 4.74 Å². The Morgan fingerprint density at radius 3 is 2.39 bits per heavy atom. The van der Waals surface area contributed by atoms with Crippen LogP contribution in [0.5, 0.6) is 11.6 Å². The zero-order valence-corrected chi connectivity index (χ0v) is 11.7. The third kappa shape index (κ3) is 3.18. The van der Waals surface area contributed by atoms with Crippen LogP contribution in [0.2, 0.25) is 0 Å². The first-order valence-electron chi connectivity index (χ1n) is 6.69. The van der Waals surface area contributed by atoms with E-state index in [9.17, 15) is 18.3 Å². The van der Waals surface area contributed by atoms with Gasteiger partial charge in [-0.2, -0.15) is 18.2 Å². The van der Waals surface area contributed by atoms with Crippen molar-refractivity contribution in [2.45, 2.75) is 12.8 Å². The van der Waals surface area contributed by atoms with Gasteiger partial charge in [-0.05, 0) is 17.7 Å². The molecule has 2 aromatic carbocycles. The van der Waals surface area contributed by atoms with Gasteiger partial charge in [-0.1, -0.05) is 36.4 Å². The van der Waals surface area contributed by atoms with Crippen LogP contribution in [0.1, 0.15) is 11.4 Å². The summed E-state index contributed by atoms with van der Waals surface area (Å²) < 4.78 is 43.7. The Hall–Kier alpha value is -2.83. The first kappa shape index (κ1) is 15.1. The number of ether oxygens (including phenoxy) is 1. The lowest BCUT2D eigenvalue weighted by Crippen LogP contribution is -2.11. The molecule has 23 heavy (non-hydrogen) atoms. The molecule has 3 rings (SSSR count). The predicted molar refractivity (Wildman–Crippen MR) is 77.0 cm³/mol. The Morgan fingerprint density at radius 2 is 1.70 bits per heavy atom. The van der Waals surface area contributed by atoms with Crippen LogP contribution in [0, 0.1) is 0 Å². The quantitative estimate of drug-likeness (QED) is 0.794. The molecule has 1 N–H and O–H groups in total. The van der Waals surface area contributed by atoms with E-state index >= 15 is 0 Å². The molecule has 1 aromatic heterocycles. The van der Waals surface area contributed by atoms with E-state index in [0.29, 0.717) is 0 Å². The van der Waals surface area contributed by atoms with Crippen LogP contribution in [0.3, 0.4) is 0 Å². The van der Waals surface area contributed by atoms with E-state index in [1.54, 1.807) is 6.07 Å². The Balaban J connectivity index is 1.98. The number of nitrogens with zero attached hydrogens (tertiary/aromatic N) is 2. The summed E-state index contributed by atoms with van der Waals surface area (Å²) in [6.45, 7) is 0.209. The molecule has 0 atom stereocenters. The lowest BCUT2D eigenvalue weighted by molar-refractivity contribution is -0.145. The zero-order valence-electron chi connectivity index (χ0n) is 11.7. The van der Waals surface area contributed by atoms with Crippen LogP contribution in [0.15, 0.2) is 48.5 Å². The average molecular weight is 320 g/mol. The van der Waals surface area contributed by atoms with Gasteiger partial charge >= 0.3 is 6.18 Å². The third-order valence-electron chi connectivity index (χ3n) is 3.16. The average Bonchev–Trinajstić information content (AvgIpc) is 2.52. The standard InChI is InChI=1S/C16H11F3N2O2/c17-16(18,19)15-20-11-7-4-8-12(13(11)14(22)21-15)23-9-10-5-2-1-3-6-10/h1-8H,9H2,(H,20,21,22). The maximum atomic E-state index is 12.7. The minimum atomic E-state index is -4.73. The van der Waals surface area contributed by atoms with Crippen molar-refractivity contribution in [2.75, 3.05) is 0 Å². The van der Waals surface area contributed by atoms with Crippen LogP contribution in [0.25, 0.3) is 10.9 Å². The molecule has 118 valence electrons. The van der Waals surface area contributed by atoms with Crippen LogP contribution in [-0.4, -0.2) is 15.1 Å². The van der Waals surface area contributed by atoms with E-state index in [2.05, 4.69) is 9.97 Å². The molecule has 0 radical (unpaired) electrons. The van der Waals surface area contributed by atoms with Crippen molar-refractivity contribution in [2.24, 2.45) is 0 Å². The lowest BCUT2D eigenvalue weighted by Gasteiger charge is -2.11. The van der Waals surface area contributed by atoms with Gasteiger partial charge in [-0.25, -0.2) is 4.98 Å². The highest BCUT2D eigenvalue weighted by Gasteiger charge is 2.35. The molecular weight excluding hydrogens is 309 g/mol. The van der Waals surface area contributed by atoms with E-state index in [0.717, 1.165) is 5.56 Å². The molecule has 0 amide bonds. The molecule has 0 spiro atoms. The second-order valence-corrected chi connectivity index (χ2v) is 4.79. The second-order valence-electron chi connectivity index (χ2n) is 4.79. The Bertz CT molecular complexity index is 836. The predicted octanol–water partition coefficient (Wildman–Crippen LogP) is 3.93. The molecule has 1 heterocycles. The van der Waals surface area contributed by atoms with Crippen molar-refractivity contribution in [3.8, 4) is 11.6 Å². The molecule has 0 aliphatic heterocycles. The monoisotopic (exact) mass is 320 g/mol. The summed E-state index contributed by atoms with van der Waals surface area (Å²) in [6, 6.07) is 13.7. The maximum Gasteiger partial charge on any atom is 0.451 e. The SMILES string of the molecule is Oc1nc(C(F)(F)F)nc2cccc(OCc3ccccc3)c12. The van der Waals surface area contributed by atoms with E-state index in [1.165, 1.54) is 12.1 Å². The van der Waals surface area contributed by atoms with Gasteiger partial charge in [0.2, 0.25) is 11.7 Å². The van der Waals surface area contributed by atoms with Crippen molar-refractivity contribution >= 4 is 10.9 Å². The molecular formula is C16H11F3N2O2. The number of fused-ring (bicyclic) bond motifs is 1. The number of benzene rings is 2. The molecule has 0 fully saturated rings. The summed E-state index contributed by atoms with van der Waals surface area (Å²) >= 11 is 0. The number of alkyl halides is 3. The van der Waals surface area contributed by atoms with Gasteiger partial charge in [0.15, 0.2) is 0 Å². The summed E-state index contributed by atoms with van der Waals surface area (Å²) in [5, 5.41) is 9.91. The normalized spacial score (nSPS) is 11.6. The molecule has 0 saturated carbocycles. The minimum absolute atomic E-state index is 0.0320. The number of aromatic nitrogens is 2. The van der Waals surface area contributed by atoms with Crippen molar-refractivity contribution in [1.29, 1.82) is 0 Å². The van der Waals surface area contributed by atoms with Gasteiger partial charge in [0, 0.05) is 0 Å². The highest BCUT2D eigenvalue weighted by molar-refractivity contribution is 5.89. The van der Waals surface area contributed by atoms with Crippen molar-refractivity contribution in [1.82, 2.24) is 9.97 Å². The highest BCUT2D eigenvalue weighted by Crippen LogP contribution is 2.35. The van der Waals surface area contributed by atoms with Gasteiger partial charge in [-0.15, -0.1) is 0 Å². The molecule has 0 aliphatic carbocycles. The third-order valence-corrected chi connectivity index (χ3v) is 3.16. The van der Waals surface area contributed by atoms with E-state index < -0.39 is 17.9 Å². The first-order chi connectivity index (χ1) is 10.9. The summed E-state index contributed by atoms with van der Waals surface area (Å²) in [6.07, 6.45) is -4.73. The van der Waals surface area contributed by atoms with E-state index in [1.807, 2.05) is 30.3 Å². The van der Waals surface area contributed by atoms with Gasteiger partial charge < -0.3 is 9.84 Å². The molecule has 7 heteroatoms. The smallest absolute Gasteiger partial charge is 0.451 e.